The molecule has 0 bridgehead atoms. The zero-order valence-electron chi connectivity index (χ0n) is 8.50. The van der Waals surface area contributed by atoms with Crippen molar-refractivity contribution >= 4 is 15.9 Å². The number of aliphatic hydroxyl groups excluding tert-OH is 1. The van der Waals surface area contributed by atoms with Gasteiger partial charge in [-0.3, -0.25) is 0 Å². The van der Waals surface area contributed by atoms with E-state index in [4.69, 9.17) is 4.74 Å². The highest BCUT2D eigenvalue weighted by Gasteiger charge is 2.34. The number of halogens is 1. The molecule has 0 aromatic rings. The van der Waals surface area contributed by atoms with Gasteiger partial charge in [0.2, 0.25) is 0 Å². The third kappa shape index (κ3) is 2.61. The maximum absolute atomic E-state index is 9.81. The molecule has 1 unspecified atom stereocenters. The minimum Gasteiger partial charge on any atom is -0.510 e. The van der Waals surface area contributed by atoms with Gasteiger partial charge in [-0.1, -0.05) is 28.1 Å². The molecule has 1 atom stereocenters. The van der Waals surface area contributed by atoms with E-state index < -0.39 is 5.60 Å². The first-order valence-electron chi connectivity index (χ1n) is 4.91. The van der Waals surface area contributed by atoms with Gasteiger partial charge in [0.25, 0.3) is 0 Å². The summed E-state index contributed by atoms with van der Waals surface area (Å²) in [7, 11) is 1.66. The normalized spacial score (nSPS) is 28.0. The summed E-state index contributed by atoms with van der Waals surface area (Å²) in [6.45, 7) is 0. The molecule has 3 heteroatoms. The van der Waals surface area contributed by atoms with E-state index in [1.807, 2.05) is 18.2 Å². The first-order chi connectivity index (χ1) is 6.75. The predicted molar refractivity (Wildman–Crippen MR) is 61.9 cm³/mol. The summed E-state index contributed by atoms with van der Waals surface area (Å²) >= 11 is 3.32. The SMILES string of the molecule is COC1(C/C=C/CBr)CCCC=C1O. The van der Waals surface area contributed by atoms with Gasteiger partial charge in [0.05, 0.1) is 0 Å². The quantitative estimate of drug-likeness (QED) is 0.621. The van der Waals surface area contributed by atoms with Gasteiger partial charge in [-0.2, -0.15) is 0 Å². The third-order valence-electron chi connectivity index (χ3n) is 2.68. The van der Waals surface area contributed by atoms with E-state index in [-0.39, 0.29) is 0 Å². The molecular weight excluding hydrogens is 244 g/mol. The first-order valence-corrected chi connectivity index (χ1v) is 6.03. The Morgan fingerprint density at radius 2 is 2.43 bits per heavy atom. The van der Waals surface area contributed by atoms with Gasteiger partial charge < -0.3 is 9.84 Å². The fourth-order valence-electron chi connectivity index (χ4n) is 1.77. The van der Waals surface area contributed by atoms with Crippen LogP contribution < -0.4 is 0 Å². The Balaban J connectivity index is 2.69. The molecule has 0 saturated heterocycles. The smallest absolute Gasteiger partial charge is 0.127 e. The molecule has 0 radical (unpaired) electrons. The summed E-state index contributed by atoms with van der Waals surface area (Å²) in [6, 6.07) is 0. The second-order valence-electron chi connectivity index (χ2n) is 3.51. The maximum atomic E-state index is 9.81. The number of hydrogen-bond donors (Lipinski definition) is 1. The van der Waals surface area contributed by atoms with Crippen molar-refractivity contribution in [1.29, 1.82) is 0 Å². The van der Waals surface area contributed by atoms with Crippen LogP contribution in [0.15, 0.2) is 24.0 Å². The van der Waals surface area contributed by atoms with Crippen LogP contribution in [-0.4, -0.2) is 23.1 Å². The zero-order chi connectivity index (χ0) is 10.4. The van der Waals surface area contributed by atoms with Crippen molar-refractivity contribution in [2.24, 2.45) is 0 Å². The van der Waals surface area contributed by atoms with Crippen LogP contribution in [0, 0.1) is 0 Å². The monoisotopic (exact) mass is 260 g/mol. The molecule has 0 spiro atoms. The largest absolute Gasteiger partial charge is 0.510 e. The van der Waals surface area contributed by atoms with E-state index in [9.17, 15) is 5.11 Å². The molecule has 1 aliphatic rings. The van der Waals surface area contributed by atoms with E-state index in [0.29, 0.717) is 5.76 Å². The van der Waals surface area contributed by atoms with Crippen molar-refractivity contribution in [2.45, 2.75) is 31.3 Å². The van der Waals surface area contributed by atoms with Crippen LogP contribution in [0.1, 0.15) is 25.7 Å². The summed E-state index contributed by atoms with van der Waals surface area (Å²) in [5.74, 6) is 0.394. The molecule has 0 aromatic carbocycles. The van der Waals surface area contributed by atoms with E-state index >= 15 is 0 Å². The van der Waals surface area contributed by atoms with Crippen LogP contribution in [0.25, 0.3) is 0 Å². The van der Waals surface area contributed by atoms with Crippen LogP contribution in [0.5, 0.6) is 0 Å². The van der Waals surface area contributed by atoms with Crippen molar-refractivity contribution in [3.63, 3.8) is 0 Å². The van der Waals surface area contributed by atoms with Crippen molar-refractivity contribution in [3.8, 4) is 0 Å². The Labute approximate surface area is 93.8 Å². The first kappa shape index (κ1) is 11.8. The molecular formula is C11H17BrO2. The number of rotatable bonds is 4. The summed E-state index contributed by atoms with van der Waals surface area (Å²) in [5.41, 5.74) is -0.461. The number of aliphatic hydroxyl groups is 1. The summed E-state index contributed by atoms with van der Waals surface area (Å²) in [4.78, 5) is 0. The fraction of sp³-hybridized carbons (Fsp3) is 0.636. The molecule has 1 rings (SSSR count). The van der Waals surface area contributed by atoms with Crippen LogP contribution in [0.2, 0.25) is 0 Å². The lowest BCUT2D eigenvalue weighted by Crippen LogP contribution is -2.35. The van der Waals surface area contributed by atoms with Gasteiger partial charge in [-0.25, -0.2) is 0 Å². The number of alkyl halides is 1. The Hall–Kier alpha value is -0.280. The van der Waals surface area contributed by atoms with Crippen molar-refractivity contribution in [2.75, 3.05) is 12.4 Å². The zero-order valence-corrected chi connectivity index (χ0v) is 10.1. The number of allylic oxidation sites excluding steroid dienone is 2. The van der Waals surface area contributed by atoms with Gasteiger partial charge in [0.15, 0.2) is 0 Å². The topological polar surface area (TPSA) is 29.5 Å². The Kier molecular flexibility index (Phi) is 4.69. The minimum atomic E-state index is -0.461. The minimum absolute atomic E-state index is 0.394. The van der Waals surface area contributed by atoms with E-state index in [1.54, 1.807) is 7.11 Å². The van der Waals surface area contributed by atoms with Gasteiger partial charge in [0.1, 0.15) is 11.4 Å². The number of ether oxygens (including phenoxy) is 1. The van der Waals surface area contributed by atoms with Crippen LogP contribution in [0.4, 0.5) is 0 Å². The van der Waals surface area contributed by atoms with Gasteiger partial charge in [0, 0.05) is 18.9 Å². The maximum Gasteiger partial charge on any atom is 0.127 e. The Bertz CT molecular complexity index is 235. The van der Waals surface area contributed by atoms with Crippen LogP contribution >= 0.6 is 15.9 Å². The highest BCUT2D eigenvalue weighted by atomic mass is 79.9. The van der Waals surface area contributed by atoms with Crippen molar-refractivity contribution in [3.05, 3.63) is 24.0 Å². The molecule has 1 N–H and O–H groups in total. The highest BCUT2D eigenvalue weighted by molar-refractivity contribution is 9.09. The lowest BCUT2D eigenvalue weighted by Gasteiger charge is -2.33. The second-order valence-corrected chi connectivity index (χ2v) is 4.16. The summed E-state index contributed by atoms with van der Waals surface area (Å²) in [6.07, 6.45) is 9.64. The number of methoxy groups -OCH3 is 1. The number of hydrogen-bond acceptors (Lipinski definition) is 2. The lowest BCUT2D eigenvalue weighted by molar-refractivity contribution is -0.0212. The molecule has 0 amide bonds. The van der Waals surface area contributed by atoms with E-state index in [0.717, 1.165) is 31.0 Å². The van der Waals surface area contributed by atoms with Crippen LogP contribution in [-0.2, 0) is 4.74 Å². The summed E-state index contributed by atoms with van der Waals surface area (Å²) < 4.78 is 5.45. The molecule has 80 valence electrons. The van der Waals surface area contributed by atoms with Gasteiger partial charge >= 0.3 is 0 Å². The second kappa shape index (κ2) is 5.56. The predicted octanol–water partition coefficient (Wildman–Crippen LogP) is 3.34. The molecule has 0 fully saturated rings. The molecule has 1 aliphatic carbocycles. The Morgan fingerprint density at radius 3 is 3.00 bits per heavy atom. The fourth-order valence-corrected chi connectivity index (χ4v) is 2.04. The van der Waals surface area contributed by atoms with Crippen molar-refractivity contribution in [1.82, 2.24) is 0 Å². The standard InChI is InChI=1S/C11H17BrO2/c1-14-11(8-4-5-9-12)7-3-2-6-10(11)13/h4-6,13H,2-3,7-9H2,1H3/b5-4+. The molecule has 0 aromatic heterocycles. The van der Waals surface area contributed by atoms with E-state index in [1.165, 1.54) is 0 Å². The molecule has 0 heterocycles. The van der Waals surface area contributed by atoms with E-state index in [2.05, 4.69) is 15.9 Å². The average molecular weight is 261 g/mol. The van der Waals surface area contributed by atoms with Crippen LogP contribution in [0.3, 0.4) is 0 Å². The summed E-state index contributed by atoms with van der Waals surface area (Å²) in [5, 5.41) is 10.7. The molecule has 0 aliphatic heterocycles. The van der Waals surface area contributed by atoms with Crippen molar-refractivity contribution < 1.29 is 9.84 Å². The molecule has 0 saturated carbocycles. The lowest BCUT2D eigenvalue weighted by atomic mass is 9.86. The van der Waals surface area contributed by atoms with Gasteiger partial charge in [-0.05, 0) is 25.3 Å². The highest BCUT2D eigenvalue weighted by Crippen LogP contribution is 2.34. The molecule has 14 heavy (non-hydrogen) atoms. The third-order valence-corrected chi connectivity index (χ3v) is 3.06. The van der Waals surface area contributed by atoms with Gasteiger partial charge in [-0.15, -0.1) is 0 Å². The molecule has 2 nitrogen and oxygen atoms in total. The Morgan fingerprint density at radius 1 is 1.64 bits per heavy atom. The average Bonchev–Trinajstić information content (AvgIpc) is 2.21.